The van der Waals surface area contributed by atoms with Crippen LogP contribution in [0.1, 0.15) is 11.6 Å². The molecule has 58 valence electrons. The van der Waals surface area contributed by atoms with Gasteiger partial charge in [0.25, 0.3) is 0 Å². The van der Waals surface area contributed by atoms with Gasteiger partial charge in [0.1, 0.15) is 12.4 Å². The predicted molar refractivity (Wildman–Crippen MR) is 46.1 cm³/mol. The summed E-state index contributed by atoms with van der Waals surface area (Å²) in [6.07, 6.45) is 0. The summed E-state index contributed by atoms with van der Waals surface area (Å²) in [6, 6.07) is 5.83. The molecule has 2 nitrogen and oxygen atoms in total. The molecule has 3 heteroatoms. The van der Waals surface area contributed by atoms with Gasteiger partial charge in [-0.05, 0) is 12.1 Å². The fourth-order valence-corrected chi connectivity index (χ4v) is 1.42. The van der Waals surface area contributed by atoms with Crippen molar-refractivity contribution in [1.82, 2.24) is 0 Å². The molecule has 1 heterocycles. The summed E-state index contributed by atoms with van der Waals surface area (Å²) in [7, 11) is 0. The highest BCUT2D eigenvalue weighted by molar-refractivity contribution is 7.80. The lowest BCUT2D eigenvalue weighted by Crippen LogP contribution is -2.10. The van der Waals surface area contributed by atoms with Gasteiger partial charge in [0.15, 0.2) is 0 Å². The maximum atomic E-state index is 5.75. The van der Waals surface area contributed by atoms with Crippen LogP contribution in [0.3, 0.4) is 0 Å². The zero-order chi connectivity index (χ0) is 7.84. The number of hydrogen-bond acceptors (Lipinski definition) is 3. The minimum absolute atomic E-state index is 0.0407. The summed E-state index contributed by atoms with van der Waals surface area (Å²) in [5.74, 6) is 0.880. The van der Waals surface area contributed by atoms with Crippen LogP contribution >= 0.6 is 12.6 Å². The van der Waals surface area contributed by atoms with E-state index in [1.165, 1.54) is 0 Å². The minimum atomic E-state index is 0.0407. The average molecular weight is 167 g/mol. The number of nitrogens with two attached hydrogens (primary N) is 1. The Hall–Kier alpha value is -0.670. The third-order valence-corrected chi connectivity index (χ3v) is 2.09. The van der Waals surface area contributed by atoms with Crippen molar-refractivity contribution in [3.63, 3.8) is 0 Å². The van der Waals surface area contributed by atoms with Gasteiger partial charge in [-0.2, -0.15) is 0 Å². The van der Waals surface area contributed by atoms with Crippen LogP contribution in [0.2, 0.25) is 0 Å². The van der Waals surface area contributed by atoms with Crippen molar-refractivity contribution in [2.45, 2.75) is 10.9 Å². The molecule has 0 radical (unpaired) electrons. The molecular weight excluding hydrogens is 158 g/mol. The Morgan fingerprint density at radius 3 is 3.18 bits per heavy atom. The van der Waals surface area contributed by atoms with Crippen LogP contribution < -0.4 is 10.5 Å². The van der Waals surface area contributed by atoms with Crippen molar-refractivity contribution < 1.29 is 4.74 Å². The summed E-state index contributed by atoms with van der Waals surface area (Å²) < 4.78 is 5.32. The maximum Gasteiger partial charge on any atom is 0.125 e. The monoisotopic (exact) mass is 167 g/mol. The van der Waals surface area contributed by atoms with Crippen molar-refractivity contribution in [1.29, 1.82) is 0 Å². The fraction of sp³-hybridized carbons (Fsp3) is 0.250. The van der Waals surface area contributed by atoms with E-state index in [0.717, 1.165) is 16.2 Å². The minimum Gasteiger partial charge on any atom is -0.491 e. The van der Waals surface area contributed by atoms with E-state index in [4.69, 9.17) is 10.5 Å². The molecule has 2 rings (SSSR count). The largest absolute Gasteiger partial charge is 0.491 e. The lowest BCUT2D eigenvalue weighted by atomic mass is 10.1. The Bertz CT molecular complexity index is 287. The molecule has 0 spiro atoms. The normalized spacial score (nSPS) is 21.1. The number of thiol groups is 1. The Morgan fingerprint density at radius 1 is 1.55 bits per heavy atom. The highest BCUT2D eigenvalue weighted by atomic mass is 32.1. The Kier molecular flexibility index (Phi) is 1.55. The highest BCUT2D eigenvalue weighted by Gasteiger charge is 2.19. The van der Waals surface area contributed by atoms with Crippen molar-refractivity contribution in [2.24, 2.45) is 5.73 Å². The van der Waals surface area contributed by atoms with E-state index in [-0.39, 0.29) is 6.04 Å². The summed E-state index contributed by atoms with van der Waals surface area (Å²) >= 11 is 4.19. The maximum absolute atomic E-state index is 5.75. The van der Waals surface area contributed by atoms with Crippen LogP contribution in [0.25, 0.3) is 0 Å². The lowest BCUT2D eigenvalue weighted by Gasteiger charge is -1.99. The number of hydrogen-bond donors (Lipinski definition) is 2. The lowest BCUT2D eigenvalue weighted by molar-refractivity contribution is 0.333. The molecular formula is C8H9NOS. The summed E-state index contributed by atoms with van der Waals surface area (Å²) in [5, 5.41) is 0. The molecule has 0 saturated carbocycles. The van der Waals surface area contributed by atoms with Gasteiger partial charge in [0, 0.05) is 10.5 Å². The second-order valence-electron chi connectivity index (χ2n) is 2.64. The first-order valence-corrected chi connectivity index (χ1v) is 3.93. The Balaban J connectivity index is 2.50. The summed E-state index contributed by atoms with van der Waals surface area (Å²) in [4.78, 5) is 0.915. The molecule has 1 aromatic rings. The molecule has 1 aromatic carbocycles. The molecule has 0 unspecified atom stereocenters. The van der Waals surface area contributed by atoms with E-state index in [2.05, 4.69) is 12.6 Å². The van der Waals surface area contributed by atoms with E-state index in [1.807, 2.05) is 18.2 Å². The van der Waals surface area contributed by atoms with Crippen LogP contribution in [0.5, 0.6) is 5.75 Å². The second-order valence-corrected chi connectivity index (χ2v) is 3.16. The molecule has 11 heavy (non-hydrogen) atoms. The average Bonchev–Trinajstić information content (AvgIpc) is 2.32. The molecule has 1 aliphatic rings. The Labute approximate surface area is 70.8 Å². The van der Waals surface area contributed by atoms with Gasteiger partial charge in [-0.3, -0.25) is 0 Å². The van der Waals surface area contributed by atoms with Gasteiger partial charge >= 0.3 is 0 Å². The number of fused-ring (bicyclic) bond motifs is 1. The predicted octanol–water partition coefficient (Wildman–Crippen LogP) is 1.37. The van der Waals surface area contributed by atoms with Crippen molar-refractivity contribution in [2.75, 3.05) is 6.61 Å². The Morgan fingerprint density at radius 2 is 2.36 bits per heavy atom. The molecule has 0 aromatic heterocycles. The SMILES string of the molecule is N[C@@H]1COc2cc(S)ccc21. The van der Waals surface area contributed by atoms with Crippen molar-refractivity contribution >= 4 is 12.6 Å². The van der Waals surface area contributed by atoms with E-state index in [1.54, 1.807) is 0 Å². The third kappa shape index (κ3) is 1.10. The summed E-state index contributed by atoms with van der Waals surface area (Å²) in [6.45, 7) is 0.590. The standard InChI is InChI=1S/C8H9NOS/c9-7-4-10-8-3-5(11)1-2-6(7)8/h1-3,7,11H,4,9H2/t7-/m1/s1. The van der Waals surface area contributed by atoms with Crippen LogP contribution in [-0.4, -0.2) is 6.61 Å². The van der Waals surface area contributed by atoms with Gasteiger partial charge < -0.3 is 10.5 Å². The van der Waals surface area contributed by atoms with Gasteiger partial charge in [-0.15, -0.1) is 12.6 Å². The quantitative estimate of drug-likeness (QED) is 0.572. The number of benzene rings is 1. The van der Waals surface area contributed by atoms with Crippen molar-refractivity contribution in [3.05, 3.63) is 23.8 Å². The van der Waals surface area contributed by atoms with E-state index >= 15 is 0 Å². The number of rotatable bonds is 0. The first-order valence-electron chi connectivity index (χ1n) is 3.48. The van der Waals surface area contributed by atoms with Gasteiger partial charge in [0.05, 0.1) is 6.04 Å². The molecule has 0 amide bonds. The van der Waals surface area contributed by atoms with E-state index in [0.29, 0.717) is 6.61 Å². The molecule has 2 N–H and O–H groups in total. The highest BCUT2D eigenvalue weighted by Crippen LogP contribution is 2.32. The molecule has 0 aliphatic carbocycles. The van der Waals surface area contributed by atoms with Crippen LogP contribution in [0.4, 0.5) is 0 Å². The zero-order valence-electron chi connectivity index (χ0n) is 5.95. The summed E-state index contributed by atoms with van der Waals surface area (Å²) in [5.41, 5.74) is 6.83. The molecule has 0 fully saturated rings. The van der Waals surface area contributed by atoms with Gasteiger partial charge in [-0.1, -0.05) is 6.07 Å². The topological polar surface area (TPSA) is 35.2 Å². The number of ether oxygens (including phenoxy) is 1. The van der Waals surface area contributed by atoms with Crippen LogP contribution in [0.15, 0.2) is 23.1 Å². The molecule has 1 atom stereocenters. The molecule has 0 bridgehead atoms. The zero-order valence-corrected chi connectivity index (χ0v) is 6.84. The van der Waals surface area contributed by atoms with E-state index in [9.17, 15) is 0 Å². The molecule has 0 saturated heterocycles. The van der Waals surface area contributed by atoms with Crippen molar-refractivity contribution in [3.8, 4) is 5.75 Å². The third-order valence-electron chi connectivity index (χ3n) is 1.82. The smallest absolute Gasteiger partial charge is 0.125 e. The second kappa shape index (κ2) is 2.43. The first-order chi connectivity index (χ1) is 5.27. The van der Waals surface area contributed by atoms with Crippen LogP contribution in [-0.2, 0) is 0 Å². The van der Waals surface area contributed by atoms with Crippen LogP contribution in [0, 0.1) is 0 Å². The molecule has 1 aliphatic heterocycles. The van der Waals surface area contributed by atoms with Gasteiger partial charge in [0.2, 0.25) is 0 Å². The van der Waals surface area contributed by atoms with E-state index < -0.39 is 0 Å². The fourth-order valence-electron chi connectivity index (χ4n) is 1.22. The first kappa shape index (κ1) is 7.00. The van der Waals surface area contributed by atoms with Gasteiger partial charge in [-0.25, -0.2) is 0 Å².